The summed E-state index contributed by atoms with van der Waals surface area (Å²) in [7, 11) is 6.40. The van der Waals surface area contributed by atoms with E-state index < -0.39 is 0 Å². The predicted octanol–water partition coefficient (Wildman–Crippen LogP) is 0.688. The summed E-state index contributed by atoms with van der Waals surface area (Å²) in [5.41, 5.74) is 0. The van der Waals surface area contributed by atoms with E-state index in [-0.39, 0.29) is 0 Å². The zero-order valence-corrected chi connectivity index (χ0v) is 7.22. The molecule has 0 amide bonds. The van der Waals surface area contributed by atoms with Gasteiger partial charge in [-0.15, -0.1) is 0 Å². The minimum absolute atomic E-state index is 0.771. The summed E-state index contributed by atoms with van der Waals surface area (Å²) in [5.74, 6) is 0. The normalized spacial score (nSPS) is 33.6. The zero-order chi connectivity index (χ0) is 7.56. The first-order chi connectivity index (χ1) is 4.74. The molecular weight excluding hydrogens is 124 g/mol. The van der Waals surface area contributed by atoms with Gasteiger partial charge < -0.3 is 10.2 Å². The third kappa shape index (κ3) is 1.70. The van der Waals surface area contributed by atoms with Crippen molar-refractivity contribution in [2.24, 2.45) is 0 Å². The molecule has 10 heavy (non-hydrogen) atoms. The van der Waals surface area contributed by atoms with Gasteiger partial charge in [0.2, 0.25) is 0 Å². The van der Waals surface area contributed by atoms with Crippen LogP contribution in [0.5, 0.6) is 0 Å². The van der Waals surface area contributed by atoms with Gasteiger partial charge in [0.25, 0.3) is 0 Å². The minimum Gasteiger partial charge on any atom is -0.317 e. The van der Waals surface area contributed by atoms with E-state index in [0.717, 1.165) is 12.1 Å². The van der Waals surface area contributed by atoms with Crippen LogP contribution in [0.4, 0.5) is 0 Å². The standard InChI is InChI=1S/C8H18N2/c1-9-7-4-5-8(6-7)10(2)3/h7-9H,4-6H2,1-3H3. The van der Waals surface area contributed by atoms with Crippen molar-refractivity contribution >= 4 is 0 Å². The van der Waals surface area contributed by atoms with E-state index in [1.54, 1.807) is 0 Å². The molecule has 1 N–H and O–H groups in total. The highest BCUT2D eigenvalue weighted by Crippen LogP contribution is 2.21. The van der Waals surface area contributed by atoms with E-state index in [1.807, 2.05) is 0 Å². The van der Waals surface area contributed by atoms with Gasteiger partial charge in [0.15, 0.2) is 0 Å². The average Bonchev–Trinajstić information content (AvgIpc) is 2.34. The van der Waals surface area contributed by atoms with Crippen molar-refractivity contribution in [2.45, 2.75) is 31.3 Å². The van der Waals surface area contributed by atoms with Crippen LogP contribution in [0.1, 0.15) is 19.3 Å². The van der Waals surface area contributed by atoms with Crippen molar-refractivity contribution in [1.82, 2.24) is 10.2 Å². The molecule has 60 valence electrons. The Morgan fingerprint density at radius 1 is 1.30 bits per heavy atom. The van der Waals surface area contributed by atoms with Gasteiger partial charge in [-0.25, -0.2) is 0 Å². The van der Waals surface area contributed by atoms with Gasteiger partial charge in [0, 0.05) is 12.1 Å². The monoisotopic (exact) mass is 142 g/mol. The highest BCUT2D eigenvalue weighted by molar-refractivity contribution is 4.83. The van der Waals surface area contributed by atoms with Crippen molar-refractivity contribution < 1.29 is 0 Å². The van der Waals surface area contributed by atoms with Crippen LogP contribution in [0, 0.1) is 0 Å². The largest absolute Gasteiger partial charge is 0.317 e. The van der Waals surface area contributed by atoms with Crippen molar-refractivity contribution in [3.05, 3.63) is 0 Å². The number of hydrogen-bond acceptors (Lipinski definition) is 2. The summed E-state index contributed by atoms with van der Waals surface area (Å²) in [6.07, 6.45) is 4.03. The van der Waals surface area contributed by atoms with Gasteiger partial charge in [-0.05, 0) is 40.4 Å². The van der Waals surface area contributed by atoms with Gasteiger partial charge in [0.1, 0.15) is 0 Å². The molecule has 1 aliphatic rings. The molecule has 0 radical (unpaired) electrons. The molecule has 0 heterocycles. The molecule has 1 aliphatic carbocycles. The molecule has 0 aromatic heterocycles. The van der Waals surface area contributed by atoms with Crippen LogP contribution in [-0.4, -0.2) is 38.1 Å². The van der Waals surface area contributed by atoms with Crippen LogP contribution in [0.3, 0.4) is 0 Å². The quantitative estimate of drug-likeness (QED) is 0.610. The average molecular weight is 142 g/mol. The SMILES string of the molecule is CNC1CCC(N(C)C)C1. The lowest BCUT2D eigenvalue weighted by Crippen LogP contribution is -2.28. The Morgan fingerprint density at radius 2 is 2.00 bits per heavy atom. The molecule has 1 saturated carbocycles. The molecule has 0 saturated heterocycles. The van der Waals surface area contributed by atoms with Gasteiger partial charge >= 0.3 is 0 Å². The molecule has 0 spiro atoms. The lowest BCUT2D eigenvalue weighted by Gasteiger charge is -2.18. The third-order valence-electron chi connectivity index (χ3n) is 2.54. The maximum Gasteiger partial charge on any atom is 0.0105 e. The fourth-order valence-electron chi connectivity index (χ4n) is 1.69. The Kier molecular flexibility index (Phi) is 2.69. The highest BCUT2D eigenvalue weighted by atomic mass is 15.1. The summed E-state index contributed by atoms with van der Waals surface area (Å²) >= 11 is 0. The molecule has 1 rings (SSSR count). The molecule has 2 nitrogen and oxygen atoms in total. The second kappa shape index (κ2) is 3.35. The molecule has 0 aromatic carbocycles. The van der Waals surface area contributed by atoms with Gasteiger partial charge in [0.05, 0.1) is 0 Å². The Balaban J connectivity index is 2.28. The lowest BCUT2D eigenvalue weighted by atomic mass is 10.2. The van der Waals surface area contributed by atoms with E-state index in [4.69, 9.17) is 0 Å². The second-order valence-corrected chi connectivity index (χ2v) is 3.42. The molecule has 0 aliphatic heterocycles. The van der Waals surface area contributed by atoms with Crippen LogP contribution < -0.4 is 5.32 Å². The van der Waals surface area contributed by atoms with Crippen LogP contribution in [-0.2, 0) is 0 Å². The third-order valence-corrected chi connectivity index (χ3v) is 2.54. The summed E-state index contributed by atoms with van der Waals surface area (Å²) in [5, 5.41) is 3.32. The first kappa shape index (κ1) is 8.02. The number of nitrogens with zero attached hydrogens (tertiary/aromatic N) is 1. The van der Waals surface area contributed by atoms with Gasteiger partial charge in [-0.3, -0.25) is 0 Å². The summed E-state index contributed by atoms with van der Waals surface area (Å²) in [6, 6.07) is 1.59. The van der Waals surface area contributed by atoms with Crippen LogP contribution >= 0.6 is 0 Å². The fraction of sp³-hybridized carbons (Fsp3) is 1.00. The Bertz CT molecular complexity index is 101. The van der Waals surface area contributed by atoms with Crippen molar-refractivity contribution in [3.63, 3.8) is 0 Å². The predicted molar refractivity (Wildman–Crippen MR) is 44.2 cm³/mol. The Hall–Kier alpha value is -0.0800. The summed E-state index contributed by atoms with van der Waals surface area (Å²) in [4.78, 5) is 2.33. The summed E-state index contributed by atoms with van der Waals surface area (Å²) < 4.78 is 0. The minimum atomic E-state index is 0.771. The number of nitrogens with one attached hydrogen (secondary N) is 1. The van der Waals surface area contributed by atoms with E-state index in [1.165, 1.54) is 19.3 Å². The Labute approximate surface area is 63.6 Å². The maximum atomic E-state index is 3.32. The highest BCUT2D eigenvalue weighted by Gasteiger charge is 2.24. The van der Waals surface area contributed by atoms with Crippen molar-refractivity contribution in [2.75, 3.05) is 21.1 Å². The molecule has 0 aromatic rings. The van der Waals surface area contributed by atoms with Gasteiger partial charge in [-0.2, -0.15) is 0 Å². The van der Waals surface area contributed by atoms with E-state index in [0.29, 0.717) is 0 Å². The van der Waals surface area contributed by atoms with Gasteiger partial charge in [-0.1, -0.05) is 0 Å². The second-order valence-electron chi connectivity index (χ2n) is 3.42. The van der Waals surface area contributed by atoms with E-state index in [2.05, 4.69) is 31.4 Å². The summed E-state index contributed by atoms with van der Waals surface area (Å²) in [6.45, 7) is 0. The maximum absolute atomic E-state index is 3.32. The van der Waals surface area contributed by atoms with E-state index in [9.17, 15) is 0 Å². The smallest absolute Gasteiger partial charge is 0.0105 e. The first-order valence-electron chi connectivity index (χ1n) is 4.07. The van der Waals surface area contributed by atoms with E-state index >= 15 is 0 Å². The molecular formula is C8H18N2. The molecule has 2 atom stereocenters. The topological polar surface area (TPSA) is 15.3 Å². The lowest BCUT2D eigenvalue weighted by molar-refractivity contribution is 0.294. The molecule has 2 unspecified atom stereocenters. The Morgan fingerprint density at radius 3 is 2.30 bits per heavy atom. The first-order valence-corrected chi connectivity index (χ1v) is 4.07. The van der Waals surface area contributed by atoms with Crippen molar-refractivity contribution in [1.29, 1.82) is 0 Å². The van der Waals surface area contributed by atoms with Crippen LogP contribution in [0.25, 0.3) is 0 Å². The van der Waals surface area contributed by atoms with Crippen LogP contribution in [0.15, 0.2) is 0 Å². The molecule has 1 fully saturated rings. The van der Waals surface area contributed by atoms with Crippen LogP contribution in [0.2, 0.25) is 0 Å². The number of rotatable bonds is 2. The number of hydrogen-bond donors (Lipinski definition) is 1. The van der Waals surface area contributed by atoms with Crippen molar-refractivity contribution in [3.8, 4) is 0 Å². The zero-order valence-electron chi connectivity index (χ0n) is 7.22. The molecule has 2 heteroatoms. The fourth-order valence-corrected chi connectivity index (χ4v) is 1.69. The molecule has 0 bridgehead atoms.